The van der Waals surface area contributed by atoms with Crippen LogP contribution in [0.4, 0.5) is 5.69 Å². The summed E-state index contributed by atoms with van der Waals surface area (Å²) in [5.74, 6) is 0.753. The third-order valence-corrected chi connectivity index (χ3v) is 4.55. The number of amides is 1. The van der Waals surface area contributed by atoms with Gasteiger partial charge in [-0.3, -0.25) is 9.78 Å². The van der Waals surface area contributed by atoms with Gasteiger partial charge in [0.25, 0.3) is 5.91 Å². The highest BCUT2D eigenvalue weighted by molar-refractivity contribution is 7.80. The first-order valence-corrected chi connectivity index (χ1v) is 8.94. The van der Waals surface area contributed by atoms with Crippen LogP contribution in [-0.4, -0.2) is 30.2 Å². The van der Waals surface area contributed by atoms with Gasteiger partial charge in [-0.15, -0.1) is 0 Å². The molecule has 3 rings (SSSR count). The number of aromatic nitrogens is 1. The molecule has 4 N–H and O–H groups in total. The van der Waals surface area contributed by atoms with Crippen molar-refractivity contribution in [2.45, 2.75) is 0 Å². The van der Waals surface area contributed by atoms with E-state index in [1.54, 1.807) is 49.6 Å². The first-order valence-electron chi connectivity index (χ1n) is 8.15. The zero-order chi connectivity index (χ0) is 20.3. The molecule has 28 heavy (non-hydrogen) atoms. The minimum Gasteiger partial charge on any atom is -0.496 e. The first-order chi connectivity index (χ1) is 13.4. The van der Waals surface area contributed by atoms with Crippen LogP contribution in [0.25, 0.3) is 10.9 Å². The number of nitrogens with one attached hydrogen (secondary N) is 2. The summed E-state index contributed by atoms with van der Waals surface area (Å²) >= 11 is 11.4. The van der Waals surface area contributed by atoms with Crippen LogP contribution in [0, 0.1) is 0 Å². The molecular formula is C19H17ClN4O3S. The second-order valence-electron chi connectivity index (χ2n) is 5.69. The number of anilines is 1. The van der Waals surface area contributed by atoms with Crippen LogP contribution in [0.3, 0.4) is 0 Å². The van der Waals surface area contributed by atoms with E-state index in [0.717, 1.165) is 0 Å². The van der Waals surface area contributed by atoms with Crippen molar-refractivity contribution in [1.82, 2.24) is 10.3 Å². The lowest BCUT2D eigenvalue weighted by Crippen LogP contribution is -2.24. The number of nitrogens with zero attached hydrogens (tertiary/aromatic N) is 1. The van der Waals surface area contributed by atoms with Gasteiger partial charge in [0.1, 0.15) is 17.2 Å². The molecule has 0 aliphatic heterocycles. The molecule has 0 atom stereocenters. The number of hydrogen-bond donors (Lipinski definition) is 3. The molecule has 0 radical (unpaired) electrons. The number of hydrogen-bond acceptors (Lipinski definition) is 5. The number of pyridine rings is 1. The number of carbonyl (C=O) groups is 1. The van der Waals surface area contributed by atoms with Crippen molar-refractivity contribution in [3.63, 3.8) is 0 Å². The summed E-state index contributed by atoms with van der Waals surface area (Å²) in [6, 6.07) is 10.1. The van der Waals surface area contributed by atoms with Crippen molar-refractivity contribution in [3.8, 4) is 17.2 Å². The molecule has 1 aromatic heterocycles. The van der Waals surface area contributed by atoms with Crippen molar-refractivity contribution >= 4 is 51.4 Å². The van der Waals surface area contributed by atoms with Gasteiger partial charge in [0.05, 0.1) is 28.9 Å². The van der Waals surface area contributed by atoms with Crippen LogP contribution in [0.15, 0.2) is 42.6 Å². The highest BCUT2D eigenvalue weighted by atomic mass is 35.5. The number of primary amides is 1. The number of halogens is 1. The maximum absolute atomic E-state index is 11.7. The van der Waals surface area contributed by atoms with Crippen LogP contribution in [0.1, 0.15) is 10.4 Å². The third kappa shape index (κ3) is 4.08. The number of benzene rings is 2. The summed E-state index contributed by atoms with van der Waals surface area (Å²) in [4.78, 5) is 16.0. The monoisotopic (exact) mass is 416 g/mol. The number of thiocarbonyl (C=S) groups is 1. The number of methoxy groups -OCH3 is 1. The van der Waals surface area contributed by atoms with E-state index in [1.807, 2.05) is 0 Å². The summed E-state index contributed by atoms with van der Waals surface area (Å²) in [5.41, 5.74) is 6.94. The van der Waals surface area contributed by atoms with E-state index in [9.17, 15) is 4.79 Å². The standard InChI is InChI=1S/C19H17ClN4O3S/c1-22-19(28)24-14-4-3-10(7-13(14)20)27-16-5-6-23-15-9-17(26-2)12(18(21)25)8-11(15)16/h3-9H,1-2H3,(H2,21,25)(H2,22,24,28). The first kappa shape index (κ1) is 19.7. The van der Waals surface area contributed by atoms with Gasteiger partial charge < -0.3 is 25.8 Å². The van der Waals surface area contributed by atoms with Gasteiger partial charge in [-0.2, -0.15) is 0 Å². The fourth-order valence-electron chi connectivity index (χ4n) is 2.57. The molecule has 1 heterocycles. The van der Waals surface area contributed by atoms with Gasteiger partial charge in [-0.1, -0.05) is 11.6 Å². The maximum Gasteiger partial charge on any atom is 0.252 e. The summed E-state index contributed by atoms with van der Waals surface area (Å²) in [6.45, 7) is 0. The van der Waals surface area contributed by atoms with Crippen LogP contribution in [-0.2, 0) is 0 Å². The summed E-state index contributed by atoms with van der Waals surface area (Å²) in [5, 5.41) is 7.29. The number of ether oxygens (including phenoxy) is 2. The maximum atomic E-state index is 11.7. The Morgan fingerprint density at radius 3 is 2.64 bits per heavy atom. The topological polar surface area (TPSA) is 98.5 Å². The van der Waals surface area contributed by atoms with Crippen LogP contribution in [0.5, 0.6) is 17.2 Å². The van der Waals surface area contributed by atoms with Gasteiger partial charge >= 0.3 is 0 Å². The molecule has 144 valence electrons. The normalized spacial score (nSPS) is 10.4. The smallest absolute Gasteiger partial charge is 0.252 e. The van der Waals surface area contributed by atoms with Gasteiger partial charge in [0, 0.05) is 30.8 Å². The molecule has 3 aromatic rings. The molecule has 0 unspecified atom stereocenters. The van der Waals surface area contributed by atoms with Crippen molar-refractivity contribution in [3.05, 3.63) is 53.2 Å². The lowest BCUT2D eigenvalue weighted by atomic mass is 10.1. The zero-order valence-electron chi connectivity index (χ0n) is 15.1. The van der Waals surface area contributed by atoms with Crippen molar-refractivity contribution in [2.75, 3.05) is 19.5 Å². The molecule has 9 heteroatoms. The zero-order valence-corrected chi connectivity index (χ0v) is 16.6. The van der Waals surface area contributed by atoms with E-state index in [0.29, 0.717) is 44.0 Å². The Morgan fingerprint density at radius 2 is 2.00 bits per heavy atom. The molecular weight excluding hydrogens is 400 g/mol. The minimum absolute atomic E-state index is 0.242. The number of carbonyl (C=O) groups excluding carboxylic acids is 1. The molecule has 0 fully saturated rings. The summed E-state index contributed by atoms with van der Waals surface area (Å²) < 4.78 is 11.2. The molecule has 0 bridgehead atoms. The second kappa shape index (κ2) is 8.28. The fraction of sp³-hybridized carbons (Fsp3) is 0.105. The lowest BCUT2D eigenvalue weighted by molar-refractivity contribution is 0.0997. The van der Waals surface area contributed by atoms with Gasteiger partial charge in [0.15, 0.2) is 5.11 Å². The fourth-order valence-corrected chi connectivity index (χ4v) is 2.90. The van der Waals surface area contributed by atoms with E-state index in [1.165, 1.54) is 7.11 Å². The minimum atomic E-state index is -0.604. The molecule has 0 aliphatic carbocycles. The van der Waals surface area contributed by atoms with E-state index in [2.05, 4.69) is 15.6 Å². The van der Waals surface area contributed by atoms with Crippen molar-refractivity contribution in [2.24, 2.45) is 5.73 Å². The SMILES string of the molecule is CNC(=S)Nc1ccc(Oc2ccnc3cc(OC)c(C(N)=O)cc23)cc1Cl. The molecule has 0 spiro atoms. The van der Waals surface area contributed by atoms with Crippen LogP contribution >= 0.6 is 23.8 Å². The Labute approximate surface area is 171 Å². The number of nitrogens with two attached hydrogens (primary N) is 1. The van der Waals surface area contributed by atoms with Gasteiger partial charge in [-0.05, 0) is 36.5 Å². The van der Waals surface area contributed by atoms with E-state index < -0.39 is 5.91 Å². The molecule has 0 saturated heterocycles. The predicted octanol–water partition coefficient (Wildman–Crippen LogP) is 3.70. The van der Waals surface area contributed by atoms with Crippen molar-refractivity contribution in [1.29, 1.82) is 0 Å². The van der Waals surface area contributed by atoms with Crippen molar-refractivity contribution < 1.29 is 14.3 Å². The Kier molecular flexibility index (Phi) is 5.81. The molecule has 1 amide bonds. The quantitative estimate of drug-likeness (QED) is 0.545. The summed E-state index contributed by atoms with van der Waals surface area (Å²) in [7, 11) is 3.18. The lowest BCUT2D eigenvalue weighted by Gasteiger charge is -2.13. The van der Waals surface area contributed by atoms with Crippen LogP contribution in [0.2, 0.25) is 5.02 Å². The third-order valence-electron chi connectivity index (χ3n) is 3.93. The molecule has 0 saturated carbocycles. The highest BCUT2D eigenvalue weighted by Gasteiger charge is 2.14. The average Bonchev–Trinajstić information content (AvgIpc) is 2.69. The highest BCUT2D eigenvalue weighted by Crippen LogP contribution is 2.35. The molecule has 2 aromatic carbocycles. The van der Waals surface area contributed by atoms with Gasteiger partial charge in [0.2, 0.25) is 0 Å². The Balaban J connectivity index is 1.98. The van der Waals surface area contributed by atoms with Crippen LogP contribution < -0.4 is 25.8 Å². The van der Waals surface area contributed by atoms with Gasteiger partial charge in [-0.25, -0.2) is 0 Å². The number of fused-ring (bicyclic) bond motifs is 1. The Bertz CT molecular complexity index is 1070. The Morgan fingerprint density at radius 1 is 1.21 bits per heavy atom. The van der Waals surface area contributed by atoms with E-state index in [-0.39, 0.29) is 5.56 Å². The van der Waals surface area contributed by atoms with E-state index in [4.69, 9.17) is 39.0 Å². The molecule has 0 aliphatic rings. The second-order valence-corrected chi connectivity index (χ2v) is 6.51. The average molecular weight is 417 g/mol. The Hall–Kier alpha value is -3.10. The van der Waals surface area contributed by atoms with E-state index >= 15 is 0 Å². The number of rotatable bonds is 5. The predicted molar refractivity (Wildman–Crippen MR) is 114 cm³/mol. The molecule has 7 nitrogen and oxygen atoms in total. The largest absolute Gasteiger partial charge is 0.496 e. The summed E-state index contributed by atoms with van der Waals surface area (Å²) in [6.07, 6.45) is 1.60.